The molecule has 1 amide bonds. The quantitative estimate of drug-likeness (QED) is 0.692. The summed E-state index contributed by atoms with van der Waals surface area (Å²) in [6, 6.07) is 6.33. The number of nitrogens with one attached hydrogen (secondary N) is 2. The van der Waals surface area contributed by atoms with Gasteiger partial charge in [0.25, 0.3) is 15.9 Å². The normalized spacial score (nSPS) is 14.0. The van der Waals surface area contributed by atoms with Gasteiger partial charge in [-0.2, -0.15) is 0 Å². The molecule has 2 aromatic rings. The second-order valence-electron chi connectivity index (χ2n) is 6.10. The minimum Gasteiger partial charge on any atom is -0.450 e. The Morgan fingerprint density at radius 1 is 1.26 bits per heavy atom. The van der Waals surface area contributed by atoms with Crippen LogP contribution in [0.4, 0.5) is 10.1 Å². The Labute approximate surface area is 154 Å². The topological polar surface area (TPSA) is 115 Å². The van der Waals surface area contributed by atoms with Crippen LogP contribution in [-0.4, -0.2) is 32.9 Å². The van der Waals surface area contributed by atoms with E-state index in [1.165, 1.54) is 12.1 Å². The Hall–Kier alpha value is -2.72. The van der Waals surface area contributed by atoms with E-state index in [2.05, 4.69) is 10.0 Å². The average molecular weight is 396 g/mol. The van der Waals surface area contributed by atoms with Gasteiger partial charge in [0.15, 0.2) is 6.61 Å². The summed E-state index contributed by atoms with van der Waals surface area (Å²) in [4.78, 5) is 23.7. The summed E-state index contributed by atoms with van der Waals surface area (Å²) in [5.41, 5.74) is 0.649. The summed E-state index contributed by atoms with van der Waals surface area (Å²) in [7, 11) is -3.83. The fourth-order valence-electron chi connectivity index (χ4n) is 2.12. The van der Waals surface area contributed by atoms with E-state index in [4.69, 9.17) is 9.15 Å². The van der Waals surface area contributed by atoms with Crippen molar-refractivity contribution in [1.29, 1.82) is 0 Å². The SMILES string of the molecule is Cc1ccc(NC(=O)COC(=O)c2ccc(S(=O)(=O)NC3CC3)o2)cc1F. The summed E-state index contributed by atoms with van der Waals surface area (Å²) >= 11 is 0. The van der Waals surface area contributed by atoms with Gasteiger partial charge in [-0.25, -0.2) is 22.3 Å². The Bertz CT molecular complexity index is 981. The van der Waals surface area contributed by atoms with Crippen molar-refractivity contribution in [3.8, 4) is 0 Å². The van der Waals surface area contributed by atoms with Crippen molar-refractivity contribution < 1.29 is 31.6 Å². The molecule has 144 valence electrons. The molecule has 3 rings (SSSR count). The van der Waals surface area contributed by atoms with Crippen LogP contribution in [0, 0.1) is 12.7 Å². The number of sulfonamides is 1. The number of hydrogen-bond acceptors (Lipinski definition) is 6. The molecule has 8 nitrogen and oxygen atoms in total. The van der Waals surface area contributed by atoms with Gasteiger partial charge in [0.2, 0.25) is 10.9 Å². The highest BCUT2D eigenvalue weighted by molar-refractivity contribution is 7.89. The van der Waals surface area contributed by atoms with Crippen molar-refractivity contribution >= 4 is 27.6 Å². The zero-order valence-corrected chi connectivity index (χ0v) is 15.1. The summed E-state index contributed by atoms with van der Waals surface area (Å²) in [6.45, 7) is 0.943. The molecule has 0 unspecified atom stereocenters. The molecule has 1 heterocycles. The van der Waals surface area contributed by atoms with Crippen LogP contribution < -0.4 is 10.0 Å². The van der Waals surface area contributed by atoms with Crippen LogP contribution >= 0.6 is 0 Å². The van der Waals surface area contributed by atoms with Gasteiger partial charge in [-0.15, -0.1) is 0 Å². The maximum absolute atomic E-state index is 13.4. The van der Waals surface area contributed by atoms with Crippen LogP contribution in [0.5, 0.6) is 0 Å². The van der Waals surface area contributed by atoms with Gasteiger partial charge >= 0.3 is 5.97 Å². The van der Waals surface area contributed by atoms with E-state index in [1.807, 2.05) is 0 Å². The van der Waals surface area contributed by atoms with Gasteiger partial charge in [0.05, 0.1) is 0 Å². The van der Waals surface area contributed by atoms with Gasteiger partial charge in [-0.05, 0) is 49.6 Å². The number of esters is 1. The van der Waals surface area contributed by atoms with E-state index >= 15 is 0 Å². The largest absolute Gasteiger partial charge is 0.450 e. The Kier molecular flexibility index (Phi) is 5.29. The lowest BCUT2D eigenvalue weighted by atomic mass is 10.2. The summed E-state index contributed by atoms with van der Waals surface area (Å²) in [5, 5.41) is 1.98. The number of furan rings is 1. The Morgan fingerprint density at radius 3 is 2.67 bits per heavy atom. The fraction of sp³-hybridized carbons (Fsp3) is 0.294. The predicted octanol–water partition coefficient (Wildman–Crippen LogP) is 1.96. The number of amides is 1. The van der Waals surface area contributed by atoms with Crippen LogP contribution in [-0.2, 0) is 19.6 Å². The molecular formula is C17H17FN2O6S. The number of carbonyl (C=O) groups is 2. The van der Waals surface area contributed by atoms with Gasteiger partial charge in [0, 0.05) is 11.7 Å². The van der Waals surface area contributed by atoms with Crippen molar-refractivity contribution in [2.24, 2.45) is 0 Å². The minimum atomic E-state index is -3.83. The molecule has 1 aliphatic rings. The zero-order valence-electron chi connectivity index (χ0n) is 14.3. The third kappa shape index (κ3) is 4.92. The van der Waals surface area contributed by atoms with E-state index in [9.17, 15) is 22.4 Å². The monoisotopic (exact) mass is 396 g/mol. The Balaban J connectivity index is 1.54. The number of aryl methyl sites for hydroxylation is 1. The van der Waals surface area contributed by atoms with Crippen molar-refractivity contribution in [2.75, 3.05) is 11.9 Å². The Morgan fingerprint density at radius 2 is 2.00 bits per heavy atom. The minimum absolute atomic E-state index is 0.106. The summed E-state index contributed by atoms with van der Waals surface area (Å²) < 4.78 is 49.6. The molecule has 1 aliphatic carbocycles. The maximum Gasteiger partial charge on any atom is 0.374 e. The molecule has 0 bridgehead atoms. The first kappa shape index (κ1) is 19.1. The van der Waals surface area contributed by atoms with Gasteiger partial charge in [-0.1, -0.05) is 6.07 Å². The van der Waals surface area contributed by atoms with Crippen molar-refractivity contribution in [3.05, 3.63) is 47.5 Å². The molecule has 0 radical (unpaired) electrons. The predicted molar refractivity (Wildman–Crippen MR) is 92.1 cm³/mol. The highest BCUT2D eigenvalue weighted by Crippen LogP contribution is 2.23. The van der Waals surface area contributed by atoms with E-state index in [0.717, 1.165) is 31.0 Å². The smallest absolute Gasteiger partial charge is 0.374 e. The highest BCUT2D eigenvalue weighted by Gasteiger charge is 2.30. The molecule has 27 heavy (non-hydrogen) atoms. The molecule has 0 spiro atoms. The number of carbonyl (C=O) groups excluding carboxylic acids is 2. The number of hydrogen-bond donors (Lipinski definition) is 2. The number of rotatable bonds is 7. The van der Waals surface area contributed by atoms with E-state index < -0.39 is 39.4 Å². The first-order chi connectivity index (χ1) is 12.7. The molecule has 1 aromatic heterocycles. The molecule has 1 saturated carbocycles. The molecule has 0 atom stereocenters. The summed E-state index contributed by atoms with van der Waals surface area (Å²) in [6.07, 6.45) is 1.52. The summed E-state index contributed by atoms with van der Waals surface area (Å²) in [5.74, 6) is -2.50. The van der Waals surface area contributed by atoms with Gasteiger partial charge < -0.3 is 14.5 Å². The molecule has 10 heteroatoms. The second-order valence-corrected chi connectivity index (χ2v) is 7.75. The first-order valence-corrected chi connectivity index (χ1v) is 9.58. The van der Waals surface area contributed by atoms with Crippen molar-refractivity contribution in [2.45, 2.75) is 30.9 Å². The highest BCUT2D eigenvalue weighted by atomic mass is 32.2. The van der Waals surface area contributed by atoms with Gasteiger partial charge in [0.1, 0.15) is 5.82 Å². The number of anilines is 1. The van der Waals surface area contributed by atoms with Crippen molar-refractivity contribution in [1.82, 2.24) is 4.72 Å². The molecule has 0 aliphatic heterocycles. The van der Waals surface area contributed by atoms with Crippen LogP contribution in [0.25, 0.3) is 0 Å². The third-order valence-electron chi connectivity index (χ3n) is 3.74. The molecule has 2 N–H and O–H groups in total. The van der Waals surface area contributed by atoms with Crippen LogP contribution in [0.15, 0.2) is 39.8 Å². The molecule has 0 saturated heterocycles. The number of halogens is 1. The molecular weight excluding hydrogens is 379 g/mol. The van der Waals surface area contributed by atoms with E-state index in [-0.39, 0.29) is 17.5 Å². The standard InChI is InChI=1S/C17H17FN2O6S/c1-10-2-3-12(8-13(10)18)19-15(21)9-25-17(22)14-6-7-16(26-14)27(23,24)20-11-4-5-11/h2-3,6-8,11,20H,4-5,9H2,1H3,(H,19,21). The van der Waals surface area contributed by atoms with E-state index in [1.54, 1.807) is 6.92 Å². The first-order valence-electron chi connectivity index (χ1n) is 8.10. The second kappa shape index (κ2) is 7.49. The lowest BCUT2D eigenvalue weighted by Crippen LogP contribution is -2.25. The molecule has 1 aromatic carbocycles. The van der Waals surface area contributed by atoms with Crippen molar-refractivity contribution in [3.63, 3.8) is 0 Å². The lowest BCUT2D eigenvalue weighted by molar-refractivity contribution is -0.119. The lowest BCUT2D eigenvalue weighted by Gasteiger charge is -2.07. The van der Waals surface area contributed by atoms with Gasteiger partial charge in [-0.3, -0.25) is 4.79 Å². The third-order valence-corrected chi connectivity index (χ3v) is 5.13. The van der Waals surface area contributed by atoms with E-state index in [0.29, 0.717) is 5.56 Å². The van der Waals surface area contributed by atoms with Crippen LogP contribution in [0.3, 0.4) is 0 Å². The maximum atomic E-state index is 13.4. The average Bonchev–Trinajstić information content (AvgIpc) is 3.25. The number of benzene rings is 1. The van der Waals surface area contributed by atoms with Crippen LogP contribution in [0.1, 0.15) is 29.0 Å². The number of ether oxygens (including phenoxy) is 1. The van der Waals surface area contributed by atoms with Crippen LogP contribution in [0.2, 0.25) is 0 Å². The molecule has 1 fully saturated rings. The fourth-order valence-corrected chi connectivity index (χ4v) is 3.36. The zero-order chi connectivity index (χ0) is 19.6.